The summed E-state index contributed by atoms with van der Waals surface area (Å²) in [6, 6.07) is 6.70. The fourth-order valence-corrected chi connectivity index (χ4v) is 3.69. The second-order valence-corrected chi connectivity index (χ2v) is 6.74. The van der Waals surface area contributed by atoms with Crippen LogP contribution in [0.1, 0.15) is 25.0 Å². The Labute approximate surface area is 138 Å². The van der Waals surface area contributed by atoms with Crippen molar-refractivity contribution in [3.05, 3.63) is 29.3 Å². The Balaban J connectivity index is 1.50. The number of fused-ring (bicyclic) bond motifs is 1. The van der Waals surface area contributed by atoms with Crippen LogP contribution in [0.3, 0.4) is 0 Å². The first-order chi connectivity index (χ1) is 11.2. The van der Waals surface area contributed by atoms with Crippen molar-refractivity contribution in [1.82, 2.24) is 5.32 Å². The predicted molar refractivity (Wildman–Crippen MR) is 88.9 cm³/mol. The van der Waals surface area contributed by atoms with Crippen molar-refractivity contribution in [3.63, 3.8) is 0 Å². The van der Waals surface area contributed by atoms with Crippen molar-refractivity contribution in [1.29, 1.82) is 0 Å². The number of ether oxygens (including phenoxy) is 1. The second-order valence-electron chi connectivity index (χ2n) is 6.74. The molecule has 23 heavy (non-hydrogen) atoms. The highest BCUT2D eigenvalue weighted by molar-refractivity contribution is 5.79. The molecule has 0 unspecified atom stereocenters. The van der Waals surface area contributed by atoms with E-state index in [1.807, 2.05) is 13.8 Å². The van der Waals surface area contributed by atoms with Crippen molar-refractivity contribution < 1.29 is 19.3 Å². The molecule has 0 saturated carbocycles. The van der Waals surface area contributed by atoms with Crippen molar-refractivity contribution >= 4 is 5.91 Å². The molecule has 0 radical (unpaired) electrons. The van der Waals surface area contributed by atoms with E-state index < -0.39 is 0 Å². The molecule has 2 heterocycles. The van der Waals surface area contributed by atoms with Gasteiger partial charge in [-0.1, -0.05) is 0 Å². The number of nitrogens with one attached hydrogen (secondary N) is 3. The molecule has 1 fully saturated rings. The third kappa shape index (κ3) is 3.85. The molecule has 126 valence electrons. The van der Waals surface area contributed by atoms with Gasteiger partial charge < -0.3 is 19.9 Å². The van der Waals surface area contributed by atoms with Crippen LogP contribution < -0.4 is 19.9 Å². The highest BCUT2D eigenvalue weighted by Gasteiger charge is 2.30. The number of piperazine rings is 1. The van der Waals surface area contributed by atoms with Crippen LogP contribution in [0.5, 0.6) is 5.75 Å². The summed E-state index contributed by atoms with van der Waals surface area (Å²) < 4.78 is 5.58. The first-order valence-electron chi connectivity index (χ1n) is 8.88. The Morgan fingerprint density at radius 3 is 2.83 bits per heavy atom. The van der Waals surface area contributed by atoms with Crippen LogP contribution in [-0.4, -0.2) is 51.3 Å². The van der Waals surface area contributed by atoms with Crippen LogP contribution in [0.25, 0.3) is 0 Å². The molecule has 1 saturated heterocycles. The van der Waals surface area contributed by atoms with Crippen LogP contribution in [0, 0.1) is 0 Å². The fraction of sp³-hybridized carbons (Fsp3) is 0.611. The van der Waals surface area contributed by atoms with Crippen LogP contribution in [0.4, 0.5) is 0 Å². The van der Waals surface area contributed by atoms with E-state index >= 15 is 0 Å². The smallest absolute Gasteiger partial charge is 0.278 e. The molecule has 0 aliphatic carbocycles. The second kappa shape index (κ2) is 7.32. The summed E-state index contributed by atoms with van der Waals surface area (Å²) in [6.07, 6.45) is 1.04. The van der Waals surface area contributed by atoms with E-state index in [9.17, 15) is 4.79 Å². The van der Waals surface area contributed by atoms with Gasteiger partial charge >= 0.3 is 0 Å². The van der Waals surface area contributed by atoms with Crippen LogP contribution >= 0.6 is 0 Å². The van der Waals surface area contributed by atoms with Crippen molar-refractivity contribution in [2.45, 2.75) is 32.9 Å². The monoisotopic (exact) mass is 319 g/mol. The highest BCUT2D eigenvalue weighted by atomic mass is 16.5. The summed E-state index contributed by atoms with van der Waals surface area (Å²) in [5.74, 6) is 1.25. The molecule has 1 atom stereocenters. The van der Waals surface area contributed by atoms with Gasteiger partial charge in [-0.3, -0.25) is 4.79 Å². The summed E-state index contributed by atoms with van der Waals surface area (Å²) in [4.78, 5) is 15.0. The Kier molecular flexibility index (Phi) is 5.18. The zero-order valence-corrected chi connectivity index (χ0v) is 14.3. The molecule has 1 aromatic carbocycles. The number of carbonyl (C=O) groups excluding carboxylic acids is 1. The van der Waals surface area contributed by atoms with Crippen LogP contribution in [0.2, 0.25) is 0 Å². The van der Waals surface area contributed by atoms with Gasteiger partial charge in [-0.15, -0.1) is 0 Å². The average Bonchev–Trinajstić information content (AvgIpc) is 3.03. The Hall–Kier alpha value is -1.59. The van der Waals surface area contributed by atoms with E-state index in [2.05, 4.69) is 23.5 Å². The molecule has 1 amide bonds. The van der Waals surface area contributed by atoms with Gasteiger partial charge in [0, 0.05) is 18.5 Å². The lowest BCUT2D eigenvalue weighted by Crippen LogP contribution is -3.29. The molecule has 2 aliphatic heterocycles. The number of carbonyl (C=O) groups is 1. The zero-order valence-electron chi connectivity index (χ0n) is 14.3. The van der Waals surface area contributed by atoms with E-state index in [-0.39, 0.29) is 11.9 Å². The molecule has 5 nitrogen and oxygen atoms in total. The van der Waals surface area contributed by atoms with Gasteiger partial charge in [0.05, 0.1) is 6.61 Å². The highest BCUT2D eigenvalue weighted by Crippen LogP contribution is 2.25. The number of hydrogen-bond donors (Lipinski definition) is 3. The average molecular weight is 319 g/mol. The minimum absolute atomic E-state index is 0.0636. The first kappa shape index (κ1) is 16.3. The molecule has 0 spiro atoms. The van der Waals surface area contributed by atoms with E-state index in [4.69, 9.17) is 4.74 Å². The largest absolute Gasteiger partial charge is 0.493 e. The van der Waals surface area contributed by atoms with Crippen LogP contribution in [0.15, 0.2) is 18.2 Å². The van der Waals surface area contributed by atoms with Gasteiger partial charge in [-0.2, -0.15) is 0 Å². The van der Waals surface area contributed by atoms with Crippen molar-refractivity contribution in [2.24, 2.45) is 0 Å². The standard InChI is InChI=1S/C18H27N3O2/c1-3-19-18(22)14(2)21-9-7-20(8-10-21)13-15-4-5-17-16(12-15)6-11-23-17/h4-5,12,14H,3,6-11,13H2,1-2H3,(H,19,22)/p+2/t14-/m1/s1. The fourth-order valence-electron chi connectivity index (χ4n) is 3.69. The van der Waals surface area contributed by atoms with Gasteiger partial charge in [-0.05, 0) is 37.6 Å². The number of rotatable bonds is 5. The molecule has 1 aromatic rings. The Morgan fingerprint density at radius 2 is 2.09 bits per heavy atom. The number of amides is 1. The van der Waals surface area contributed by atoms with E-state index in [0.717, 1.165) is 58.0 Å². The van der Waals surface area contributed by atoms with Gasteiger partial charge in [-0.25, -0.2) is 0 Å². The minimum atomic E-state index is 0.0636. The first-order valence-corrected chi connectivity index (χ1v) is 8.88. The van der Waals surface area contributed by atoms with Gasteiger partial charge in [0.2, 0.25) is 0 Å². The van der Waals surface area contributed by atoms with E-state index in [1.165, 1.54) is 16.0 Å². The summed E-state index contributed by atoms with van der Waals surface area (Å²) in [5, 5.41) is 2.94. The number of likely N-dealkylation sites (N-methyl/N-ethyl adjacent to an activating group) is 1. The van der Waals surface area contributed by atoms with Crippen molar-refractivity contribution in [2.75, 3.05) is 39.3 Å². The summed E-state index contributed by atoms with van der Waals surface area (Å²) in [7, 11) is 0. The van der Waals surface area contributed by atoms with Crippen molar-refractivity contribution in [3.8, 4) is 5.75 Å². The molecular formula is C18H29N3O2+2. The molecule has 0 bridgehead atoms. The number of benzene rings is 1. The maximum Gasteiger partial charge on any atom is 0.278 e. The quantitative estimate of drug-likeness (QED) is 0.614. The SMILES string of the molecule is CCNC(=O)[C@@H](C)[NH+]1CC[NH+](Cc2ccc3c(c2)CCO3)CC1. The van der Waals surface area contributed by atoms with E-state index in [1.54, 1.807) is 4.90 Å². The number of quaternary nitrogens is 2. The van der Waals surface area contributed by atoms with Gasteiger partial charge in [0.15, 0.2) is 6.04 Å². The van der Waals surface area contributed by atoms with E-state index in [0.29, 0.717) is 0 Å². The maximum atomic E-state index is 12.0. The lowest BCUT2D eigenvalue weighted by molar-refractivity contribution is -1.02. The lowest BCUT2D eigenvalue weighted by atomic mass is 10.1. The minimum Gasteiger partial charge on any atom is -0.493 e. The molecule has 0 aromatic heterocycles. The molecule has 3 N–H and O–H groups in total. The molecular weight excluding hydrogens is 290 g/mol. The van der Waals surface area contributed by atoms with Crippen LogP contribution in [-0.2, 0) is 17.8 Å². The molecule has 5 heteroatoms. The Morgan fingerprint density at radius 1 is 1.30 bits per heavy atom. The summed E-state index contributed by atoms with van der Waals surface area (Å²) in [6.45, 7) is 11.1. The third-order valence-corrected chi connectivity index (χ3v) is 5.16. The number of hydrogen-bond acceptors (Lipinski definition) is 2. The Bertz CT molecular complexity index is 553. The molecule has 2 aliphatic rings. The predicted octanol–water partition coefficient (Wildman–Crippen LogP) is -1.57. The lowest BCUT2D eigenvalue weighted by Gasteiger charge is -2.32. The topological polar surface area (TPSA) is 47.2 Å². The normalized spacial score (nSPS) is 24.6. The van der Waals surface area contributed by atoms with Gasteiger partial charge in [0.25, 0.3) is 5.91 Å². The summed E-state index contributed by atoms with van der Waals surface area (Å²) >= 11 is 0. The van der Waals surface area contributed by atoms with Gasteiger partial charge in [0.1, 0.15) is 38.5 Å². The summed E-state index contributed by atoms with van der Waals surface area (Å²) in [5.41, 5.74) is 2.76. The zero-order chi connectivity index (χ0) is 16.2. The third-order valence-electron chi connectivity index (χ3n) is 5.16. The molecule has 3 rings (SSSR count). The maximum absolute atomic E-state index is 12.0.